The van der Waals surface area contributed by atoms with Crippen molar-refractivity contribution in [2.45, 2.75) is 31.3 Å². The van der Waals surface area contributed by atoms with Crippen molar-refractivity contribution >= 4 is 11.8 Å². The van der Waals surface area contributed by atoms with Crippen LogP contribution in [0.1, 0.15) is 42.0 Å². The Kier molecular flexibility index (Phi) is 7.14. The van der Waals surface area contributed by atoms with Gasteiger partial charge >= 0.3 is 0 Å². The van der Waals surface area contributed by atoms with Crippen molar-refractivity contribution in [3.63, 3.8) is 0 Å². The predicted molar refractivity (Wildman–Crippen MR) is 138 cm³/mol. The van der Waals surface area contributed by atoms with Crippen molar-refractivity contribution in [3.8, 4) is 0 Å². The lowest BCUT2D eigenvalue weighted by Crippen LogP contribution is -2.50. The van der Waals surface area contributed by atoms with Crippen LogP contribution in [-0.2, 0) is 9.59 Å². The molecule has 3 atom stereocenters. The molecule has 186 valence electrons. The number of nitrogens with one attached hydrogen (secondary N) is 1. The van der Waals surface area contributed by atoms with E-state index in [-0.39, 0.29) is 41.6 Å². The van der Waals surface area contributed by atoms with Crippen molar-refractivity contribution in [1.29, 1.82) is 0 Å². The summed E-state index contributed by atoms with van der Waals surface area (Å²) in [5, 5.41) is 3.25. The maximum atomic E-state index is 13.5. The van der Waals surface area contributed by atoms with Gasteiger partial charge in [-0.3, -0.25) is 14.5 Å². The highest BCUT2D eigenvalue weighted by Crippen LogP contribution is 2.41. The van der Waals surface area contributed by atoms with Crippen molar-refractivity contribution in [3.05, 3.63) is 107 Å². The number of rotatable bonds is 6. The van der Waals surface area contributed by atoms with Crippen LogP contribution in [0.15, 0.2) is 84.9 Å². The van der Waals surface area contributed by atoms with Gasteiger partial charge in [0.05, 0.1) is 12.6 Å². The molecule has 2 saturated heterocycles. The summed E-state index contributed by atoms with van der Waals surface area (Å²) < 4.78 is 13.5. The number of piperidine rings is 1. The molecular formula is C30H32FN3O2. The van der Waals surface area contributed by atoms with Gasteiger partial charge in [0.2, 0.25) is 11.8 Å². The molecule has 2 amide bonds. The quantitative estimate of drug-likeness (QED) is 0.564. The number of carbonyl (C=O) groups excluding carboxylic acids is 2. The Morgan fingerprint density at radius 3 is 2.11 bits per heavy atom. The fraction of sp³-hybridized carbons (Fsp3) is 0.333. The van der Waals surface area contributed by atoms with E-state index < -0.39 is 0 Å². The molecule has 0 bridgehead atoms. The zero-order valence-corrected chi connectivity index (χ0v) is 20.5. The number of likely N-dealkylation sites (tertiary alicyclic amines) is 2. The SMILES string of the molecule is CC(=O)N1C[C@H](c2ccc(F)cc2)[C@H]2CN(CC(=O)NC(c3ccccc3)c3ccccc3)CC[C@H]21. The van der Waals surface area contributed by atoms with Gasteiger partial charge in [-0.05, 0) is 35.2 Å². The van der Waals surface area contributed by atoms with Crippen molar-refractivity contribution < 1.29 is 14.0 Å². The van der Waals surface area contributed by atoms with E-state index in [1.807, 2.05) is 77.7 Å². The van der Waals surface area contributed by atoms with E-state index in [0.717, 1.165) is 36.2 Å². The number of amides is 2. The monoisotopic (exact) mass is 485 g/mol. The van der Waals surface area contributed by atoms with Crippen molar-refractivity contribution in [2.75, 3.05) is 26.2 Å². The van der Waals surface area contributed by atoms with E-state index in [1.54, 1.807) is 6.92 Å². The molecule has 5 rings (SSSR count). The van der Waals surface area contributed by atoms with Crippen LogP contribution >= 0.6 is 0 Å². The molecular weight excluding hydrogens is 453 g/mol. The first-order chi connectivity index (χ1) is 17.5. The van der Waals surface area contributed by atoms with E-state index in [9.17, 15) is 14.0 Å². The van der Waals surface area contributed by atoms with Gasteiger partial charge in [0.25, 0.3) is 0 Å². The molecule has 1 N–H and O–H groups in total. The third-order valence-electron chi connectivity index (χ3n) is 7.66. The Hall–Kier alpha value is -3.51. The zero-order chi connectivity index (χ0) is 25.1. The van der Waals surface area contributed by atoms with E-state index in [2.05, 4.69) is 10.2 Å². The van der Waals surface area contributed by atoms with E-state index in [1.165, 1.54) is 12.1 Å². The van der Waals surface area contributed by atoms with Crippen LogP contribution < -0.4 is 5.32 Å². The summed E-state index contributed by atoms with van der Waals surface area (Å²) >= 11 is 0. The molecule has 2 aliphatic heterocycles. The normalized spacial score (nSPS) is 21.9. The second kappa shape index (κ2) is 10.6. The maximum absolute atomic E-state index is 13.5. The van der Waals surface area contributed by atoms with Gasteiger partial charge in [0, 0.05) is 44.4 Å². The first-order valence-corrected chi connectivity index (χ1v) is 12.6. The molecule has 5 nitrogen and oxygen atoms in total. The first kappa shape index (κ1) is 24.2. The van der Waals surface area contributed by atoms with E-state index >= 15 is 0 Å². The Morgan fingerprint density at radius 1 is 0.917 bits per heavy atom. The van der Waals surface area contributed by atoms with Gasteiger partial charge in [-0.15, -0.1) is 0 Å². The lowest BCUT2D eigenvalue weighted by molar-refractivity contribution is -0.131. The second-order valence-electron chi connectivity index (χ2n) is 9.91. The third-order valence-corrected chi connectivity index (χ3v) is 7.66. The van der Waals surface area contributed by atoms with Crippen molar-refractivity contribution in [1.82, 2.24) is 15.1 Å². The molecule has 3 aromatic carbocycles. The van der Waals surface area contributed by atoms with Crippen LogP contribution in [0.2, 0.25) is 0 Å². The largest absolute Gasteiger partial charge is 0.344 e. The standard InChI is InChI=1S/C30H32FN3O2/c1-21(35)34-19-26(22-12-14-25(31)15-13-22)27-18-33(17-16-28(27)34)20-29(36)32-30(23-8-4-2-5-9-23)24-10-6-3-7-11-24/h2-15,26-28,30H,16-20H2,1H3,(H,32,36)/t26-,27-,28-/m1/s1. The fourth-order valence-corrected chi connectivity index (χ4v) is 5.93. The molecule has 0 radical (unpaired) electrons. The van der Waals surface area contributed by atoms with Crippen LogP contribution in [0.3, 0.4) is 0 Å². The highest BCUT2D eigenvalue weighted by molar-refractivity contribution is 5.79. The lowest BCUT2D eigenvalue weighted by Gasteiger charge is -2.38. The van der Waals surface area contributed by atoms with Crippen LogP contribution in [0.4, 0.5) is 4.39 Å². The summed E-state index contributed by atoms with van der Waals surface area (Å²) in [6.45, 7) is 4.05. The smallest absolute Gasteiger partial charge is 0.234 e. The second-order valence-corrected chi connectivity index (χ2v) is 9.91. The van der Waals surface area contributed by atoms with Crippen LogP contribution in [-0.4, -0.2) is 53.8 Å². The Bertz CT molecular complexity index is 1150. The third kappa shape index (κ3) is 5.19. The average Bonchev–Trinajstić information content (AvgIpc) is 3.28. The Morgan fingerprint density at radius 2 is 1.53 bits per heavy atom. The Labute approximate surface area is 211 Å². The van der Waals surface area contributed by atoms with Crippen LogP contribution in [0.25, 0.3) is 0 Å². The summed E-state index contributed by atoms with van der Waals surface area (Å²) in [7, 11) is 0. The minimum absolute atomic E-state index is 0.0223. The molecule has 6 heteroatoms. The van der Waals surface area contributed by atoms with E-state index in [4.69, 9.17) is 0 Å². The molecule has 0 unspecified atom stereocenters. The molecule has 2 heterocycles. The number of benzene rings is 3. The number of halogens is 1. The van der Waals surface area contributed by atoms with Gasteiger partial charge < -0.3 is 10.2 Å². The summed E-state index contributed by atoms with van der Waals surface area (Å²) in [4.78, 5) is 29.8. The van der Waals surface area contributed by atoms with Crippen LogP contribution in [0.5, 0.6) is 0 Å². The summed E-state index contributed by atoms with van der Waals surface area (Å²) in [6.07, 6.45) is 0.829. The number of hydrogen-bond donors (Lipinski definition) is 1. The molecule has 2 fully saturated rings. The maximum Gasteiger partial charge on any atom is 0.234 e. The average molecular weight is 486 g/mol. The highest BCUT2D eigenvalue weighted by Gasteiger charge is 2.46. The molecule has 36 heavy (non-hydrogen) atoms. The molecule has 0 spiro atoms. The molecule has 0 aromatic heterocycles. The highest BCUT2D eigenvalue weighted by atomic mass is 19.1. The molecule has 2 aliphatic rings. The number of carbonyl (C=O) groups is 2. The summed E-state index contributed by atoms with van der Waals surface area (Å²) in [5.74, 6) is 0.136. The van der Waals surface area contributed by atoms with Gasteiger partial charge in [0.15, 0.2) is 0 Å². The van der Waals surface area contributed by atoms with Crippen LogP contribution in [0, 0.1) is 11.7 Å². The van der Waals surface area contributed by atoms with Gasteiger partial charge in [-0.25, -0.2) is 4.39 Å². The summed E-state index contributed by atoms with van der Waals surface area (Å²) in [6, 6.07) is 26.6. The molecule has 0 saturated carbocycles. The number of fused-ring (bicyclic) bond motifs is 1. The lowest BCUT2D eigenvalue weighted by atomic mass is 9.82. The van der Waals surface area contributed by atoms with Crippen molar-refractivity contribution in [2.24, 2.45) is 5.92 Å². The van der Waals surface area contributed by atoms with Gasteiger partial charge in [-0.2, -0.15) is 0 Å². The first-order valence-electron chi connectivity index (χ1n) is 12.6. The minimum Gasteiger partial charge on any atom is -0.344 e. The Balaban J connectivity index is 1.30. The number of hydrogen-bond acceptors (Lipinski definition) is 3. The zero-order valence-electron chi connectivity index (χ0n) is 20.5. The number of nitrogens with zero attached hydrogens (tertiary/aromatic N) is 2. The fourth-order valence-electron chi connectivity index (χ4n) is 5.93. The van der Waals surface area contributed by atoms with Gasteiger partial charge in [-0.1, -0.05) is 72.8 Å². The minimum atomic E-state index is -0.259. The topological polar surface area (TPSA) is 52.7 Å². The molecule has 3 aromatic rings. The predicted octanol–water partition coefficient (Wildman–Crippen LogP) is 4.37. The van der Waals surface area contributed by atoms with Gasteiger partial charge in [0.1, 0.15) is 5.82 Å². The molecule has 0 aliphatic carbocycles. The van der Waals surface area contributed by atoms with E-state index in [0.29, 0.717) is 13.1 Å². The summed E-state index contributed by atoms with van der Waals surface area (Å²) in [5.41, 5.74) is 3.13.